The van der Waals surface area contributed by atoms with E-state index in [-0.39, 0.29) is 18.7 Å². The first kappa shape index (κ1) is 23.3. The summed E-state index contributed by atoms with van der Waals surface area (Å²) in [6.45, 7) is 3.15. The molecular formula is C25H29N3O6. The van der Waals surface area contributed by atoms with Crippen LogP contribution in [-0.2, 0) is 4.79 Å². The van der Waals surface area contributed by atoms with E-state index in [1.165, 1.54) is 0 Å². The van der Waals surface area contributed by atoms with E-state index in [4.69, 9.17) is 14.2 Å². The van der Waals surface area contributed by atoms with Gasteiger partial charge in [0.25, 0.3) is 0 Å². The molecule has 2 aliphatic heterocycles. The molecule has 3 N–H and O–H groups in total. The Kier molecular flexibility index (Phi) is 7.10. The summed E-state index contributed by atoms with van der Waals surface area (Å²) in [7, 11) is 1.59. The largest absolute Gasteiger partial charge is 0.497 e. The van der Waals surface area contributed by atoms with Gasteiger partial charge in [0.15, 0.2) is 11.5 Å². The van der Waals surface area contributed by atoms with Gasteiger partial charge in [0.1, 0.15) is 5.75 Å². The van der Waals surface area contributed by atoms with E-state index in [1.54, 1.807) is 19.5 Å². The summed E-state index contributed by atoms with van der Waals surface area (Å²) in [5, 5.41) is 15.7. The Labute approximate surface area is 198 Å². The van der Waals surface area contributed by atoms with Gasteiger partial charge in [-0.1, -0.05) is 25.1 Å². The van der Waals surface area contributed by atoms with E-state index in [1.807, 2.05) is 54.3 Å². The third-order valence-electron chi connectivity index (χ3n) is 6.12. The fourth-order valence-corrected chi connectivity index (χ4v) is 4.50. The number of amides is 2. The van der Waals surface area contributed by atoms with E-state index in [2.05, 4.69) is 10.6 Å². The minimum Gasteiger partial charge on any atom is -0.497 e. The summed E-state index contributed by atoms with van der Waals surface area (Å²) < 4.78 is 16.2. The molecule has 180 valence electrons. The molecule has 9 heteroatoms. The lowest BCUT2D eigenvalue weighted by Gasteiger charge is -2.26. The topological polar surface area (TPSA) is 109 Å². The van der Waals surface area contributed by atoms with Crippen LogP contribution in [0.25, 0.3) is 0 Å². The van der Waals surface area contributed by atoms with E-state index < -0.39 is 17.9 Å². The molecular weight excluding hydrogens is 438 g/mol. The van der Waals surface area contributed by atoms with Crippen molar-refractivity contribution in [3.05, 3.63) is 66.0 Å². The third kappa shape index (κ3) is 4.88. The third-order valence-corrected chi connectivity index (χ3v) is 6.12. The number of methoxy groups -OCH3 is 1. The Hall–Kier alpha value is -3.88. The molecule has 0 saturated carbocycles. The molecule has 2 amide bonds. The van der Waals surface area contributed by atoms with Crippen LogP contribution in [0.1, 0.15) is 36.4 Å². The van der Waals surface area contributed by atoms with Crippen LogP contribution in [0, 0.1) is 5.92 Å². The summed E-state index contributed by atoms with van der Waals surface area (Å²) >= 11 is 0. The molecule has 0 spiro atoms. The summed E-state index contributed by atoms with van der Waals surface area (Å²) in [4.78, 5) is 26.5. The lowest BCUT2D eigenvalue weighted by atomic mass is 9.83. The van der Waals surface area contributed by atoms with Gasteiger partial charge in [-0.05, 0) is 41.8 Å². The molecule has 34 heavy (non-hydrogen) atoms. The van der Waals surface area contributed by atoms with Crippen molar-refractivity contribution in [2.45, 2.75) is 25.3 Å². The maximum absolute atomic E-state index is 12.6. The second-order valence-electron chi connectivity index (χ2n) is 8.21. The molecule has 2 aromatic rings. The van der Waals surface area contributed by atoms with Gasteiger partial charge in [0.2, 0.25) is 6.79 Å². The average molecular weight is 468 g/mol. The number of carbonyl (C=O) groups excluding carboxylic acids is 1. The lowest BCUT2D eigenvalue weighted by molar-refractivity contribution is -0.143. The van der Waals surface area contributed by atoms with Gasteiger partial charge >= 0.3 is 12.0 Å². The van der Waals surface area contributed by atoms with Crippen LogP contribution in [-0.4, -0.2) is 49.0 Å². The van der Waals surface area contributed by atoms with Crippen molar-refractivity contribution in [3.8, 4) is 17.2 Å². The predicted molar refractivity (Wildman–Crippen MR) is 125 cm³/mol. The Morgan fingerprint density at radius 1 is 1.15 bits per heavy atom. The highest BCUT2D eigenvalue weighted by molar-refractivity contribution is 5.75. The first-order valence-corrected chi connectivity index (χ1v) is 11.2. The highest BCUT2D eigenvalue weighted by atomic mass is 16.7. The molecule has 9 nitrogen and oxygen atoms in total. The fraction of sp³-hybridized carbons (Fsp3) is 0.360. The van der Waals surface area contributed by atoms with Crippen LogP contribution in [0.15, 0.2) is 54.9 Å². The predicted octanol–water partition coefficient (Wildman–Crippen LogP) is 3.45. The van der Waals surface area contributed by atoms with Crippen LogP contribution < -0.4 is 24.8 Å². The molecule has 3 atom stereocenters. The van der Waals surface area contributed by atoms with E-state index in [9.17, 15) is 14.7 Å². The molecule has 0 aliphatic carbocycles. The number of ether oxygens (including phenoxy) is 3. The molecule has 0 bridgehead atoms. The lowest BCUT2D eigenvalue weighted by Crippen LogP contribution is -2.33. The molecule has 2 heterocycles. The molecule has 0 radical (unpaired) electrons. The van der Waals surface area contributed by atoms with Crippen molar-refractivity contribution in [3.63, 3.8) is 0 Å². The number of likely N-dealkylation sites (tertiary alicyclic amines) is 1. The maximum atomic E-state index is 12.6. The van der Waals surface area contributed by atoms with E-state index in [0.717, 1.165) is 17.5 Å². The zero-order valence-corrected chi connectivity index (χ0v) is 19.2. The Balaban J connectivity index is 1.65. The first-order valence-electron chi connectivity index (χ1n) is 11.2. The number of benzene rings is 2. The van der Waals surface area contributed by atoms with Gasteiger partial charge in [0.05, 0.1) is 19.1 Å². The molecule has 2 aliphatic rings. The molecule has 0 aromatic heterocycles. The Morgan fingerprint density at radius 3 is 2.59 bits per heavy atom. The van der Waals surface area contributed by atoms with Gasteiger partial charge in [-0.2, -0.15) is 0 Å². The maximum Gasteiger partial charge on any atom is 0.318 e. The second-order valence-corrected chi connectivity index (χ2v) is 8.21. The van der Waals surface area contributed by atoms with Crippen molar-refractivity contribution >= 4 is 12.0 Å². The number of fused-ring (bicyclic) bond motifs is 1. The number of carboxylic acid groups (broad SMARTS) is 1. The quantitative estimate of drug-likeness (QED) is 0.546. The second kappa shape index (κ2) is 10.4. The van der Waals surface area contributed by atoms with Crippen molar-refractivity contribution in [1.82, 2.24) is 15.5 Å². The van der Waals surface area contributed by atoms with Crippen molar-refractivity contribution < 1.29 is 28.9 Å². The summed E-state index contributed by atoms with van der Waals surface area (Å²) in [6, 6.07) is 12.2. The Morgan fingerprint density at radius 2 is 1.88 bits per heavy atom. The molecule has 1 saturated heterocycles. The van der Waals surface area contributed by atoms with Crippen LogP contribution >= 0.6 is 0 Å². The Bertz CT molecular complexity index is 1060. The smallest absolute Gasteiger partial charge is 0.318 e. The summed E-state index contributed by atoms with van der Waals surface area (Å²) in [5.74, 6) is 0.0283. The zero-order chi connectivity index (χ0) is 24.1. The number of rotatable bonds is 8. The molecule has 3 unspecified atom stereocenters. The average Bonchev–Trinajstić information content (AvgIpc) is 3.47. The number of urea groups is 1. The van der Waals surface area contributed by atoms with Crippen LogP contribution in [0.4, 0.5) is 4.79 Å². The van der Waals surface area contributed by atoms with E-state index >= 15 is 0 Å². The fourth-order valence-electron chi connectivity index (χ4n) is 4.50. The normalized spacial score (nSPS) is 21.0. The minimum absolute atomic E-state index is 0.154. The highest BCUT2D eigenvalue weighted by Crippen LogP contribution is 2.48. The van der Waals surface area contributed by atoms with Gasteiger partial charge in [-0.25, -0.2) is 4.79 Å². The van der Waals surface area contributed by atoms with Crippen molar-refractivity contribution in [2.24, 2.45) is 5.92 Å². The van der Waals surface area contributed by atoms with Crippen LogP contribution in [0.5, 0.6) is 17.2 Å². The van der Waals surface area contributed by atoms with E-state index in [0.29, 0.717) is 30.3 Å². The van der Waals surface area contributed by atoms with Gasteiger partial charge in [-0.15, -0.1) is 0 Å². The molecule has 2 aromatic carbocycles. The monoisotopic (exact) mass is 467 g/mol. The minimum atomic E-state index is -0.895. The SMILES string of the molecule is CCCNC(=O)N/C=C/N1CC(c2ccc3c(c2)OCO3)C(C(=O)O)C1c1ccc(OC)cc1. The summed E-state index contributed by atoms with van der Waals surface area (Å²) in [5.41, 5.74) is 1.70. The number of aliphatic carboxylic acids is 1. The first-order chi connectivity index (χ1) is 16.5. The van der Waals surface area contributed by atoms with Gasteiger partial charge in [0, 0.05) is 31.4 Å². The van der Waals surface area contributed by atoms with Crippen molar-refractivity contribution in [2.75, 3.05) is 27.0 Å². The number of nitrogens with zero attached hydrogens (tertiary/aromatic N) is 1. The highest BCUT2D eigenvalue weighted by Gasteiger charge is 2.46. The summed E-state index contributed by atoms with van der Waals surface area (Å²) in [6.07, 6.45) is 4.12. The van der Waals surface area contributed by atoms with Crippen molar-refractivity contribution in [1.29, 1.82) is 0 Å². The number of hydrogen-bond acceptors (Lipinski definition) is 6. The molecule has 1 fully saturated rings. The standard InChI is InChI=1S/C25H29N3O6/c1-3-10-26-25(31)27-11-12-28-14-19(17-6-9-20-21(13-17)34-15-33-20)22(24(29)30)23(28)16-4-7-18(32-2)8-5-16/h4-9,11-13,19,22-23H,3,10,14-15H2,1-2H3,(H,29,30)(H2,26,27,31)/b12-11+. The van der Waals surface area contributed by atoms with Crippen LogP contribution in [0.2, 0.25) is 0 Å². The zero-order valence-electron chi connectivity index (χ0n) is 19.2. The number of hydrogen-bond donors (Lipinski definition) is 3. The van der Waals surface area contributed by atoms with Gasteiger partial charge < -0.3 is 34.9 Å². The number of carbonyl (C=O) groups is 2. The van der Waals surface area contributed by atoms with Crippen LogP contribution in [0.3, 0.4) is 0 Å². The number of carboxylic acids is 1. The molecule has 4 rings (SSSR count). The van der Waals surface area contributed by atoms with Gasteiger partial charge in [-0.3, -0.25) is 4.79 Å². The number of nitrogens with one attached hydrogen (secondary N) is 2.